The van der Waals surface area contributed by atoms with Crippen molar-refractivity contribution in [3.8, 4) is 0 Å². The van der Waals surface area contributed by atoms with Crippen LogP contribution in [0.5, 0.6) is 0 Å². The summed E-state index contributed by atoms with van der Waals surface area (Å²) in [4.78, 5) is 0. The Morgan fingerprint density at radius 3 is 2.71 bits per heavy atom. The van der Waals surface area contributed by atoms with E-state index in [0.717, 1.165) is 15.7 Å². The molecule has 0 amide bonds. The highest BCUT2D eigenvalue weighted by molar-refractivity contribution is 9.10. The van der Waals surface area contributed by atoms with Gasteiger partial charge in [0.25, 0.3) is 0 Å². The molecule has 0 aromatic carbocycles. The summed E-state index contributed by atoms with van der Waals surface area (Å²) in [7, 11) is 0. The van der Waals surface area contributed by atoms with Crippen molar-refractivity contribution in [1.82, 2.24) is 9.78 Å². The van der Waals surface area contributed by atoms with Crippen LogP contribution in [0.3, 0.4) is 0 Å². The Balaban J connectivity index is 2.47. The van der Waals surface area contributed by atoms with Crippen LogP contribution >= 0.6 is 15.9 Å². The largest absolute Gasteiger partial charge is 0.466 e. The molecule has 2 heterocycles. The van der Waals surface area contributed by atoms with Crippen molar-refractivity contribution in [1.29, 1.82) is 0 Å². The summed E-state index contributed by atoms with van der Waals surface area (Å²) >= 11 is 3.41. The van der Waals surface area contributed by atoms with Gasteiger partial charge in [0.2, 0.25) is 0 Å². The van der Waals surface area contributed by atoms with Crippen LogP contribution in [0.4, 0.5) is 0 Å². The molecule has 0 fully saturated rings. The van der Waals surface area contributed by atoms with E-state index < -0.39 is 6.10 Å². The Labute approximate surface area is 108 Å². The minimum atomic E-state index is -0.802. The molecular formula is C12H15BrN2O2. The number of aromatic nitrogens is 2. The molecule has 2 rings (SSSR count). The Bertz CT molecular complexity index is 516. The molecule has 0 aliphatic heterocycles. The Morgan fingerprint density at radius 2 is 2.18 bits per heavy atom. The molecular weight excluding hydrogens is 284 g/mol. The second-order valence-corrected chi connectivity index (χ2v) is 5.14. The molecule has 1 unspecified atom stereocenters. The number of aliphatic hydroxyl groups is 1. The van der Waals surface area contributed by atoms with Crippen LogP contribution in [-0.2, 0) is 0 Å². The predicted octanol–water partition coefficient (Wildman–Crippen LogP) is 3.21. The zero-order valence-corrected chi connectivity index (χ0v) is 11.6. The average Bonchev–Trinajstić information content (AvgIpc) is 2.83. The summed E-state index contributed by atoms with van der Waals surface area (Å²) in [5, 5.41) is 14.6. The number of aliphatic hydroxyl groups excluding tert-OH is 1. The molecule has 5 heteroatoms. The highest BCUT2D eigenvalue weighted by Gasteiger charge is 2.24. The van der Waals surface area contributed by atoms with Gasteiger partial charge in [-0.1, -0.05) is 0 Å². The maximum Gasteiger partial charge on any atom is 0.154 e. The monoisotopic (exact) mass is 298 g/mol. The van der Waals surface area contributed by atoms with E-state index in [1.807, 2.05) is 26.8 Å². The molecule has 0 bridgehead atoms. The van der Waals surface area contributed by atoms with Gasteiger partial charge in [-0.2, -0.15) is 5.10 Å². The summed E-state index contributed by atoms with van der Waals surface area (Å²) in [5.41, 5.74) is 1.65. The van der Waals surface area contributed by atoms with E-state index in [2.05, 4.69) is 21.0 Å². The molecule has 0 radical (unpaired) electrons. The lowest BCUT2D eigenvalue weighted by Gasteiger charge is -2.15. The lowest BCUT2D eigenvalue weighted by Crippen LogP contribution is -2.12. The fourth-order valence-electron chi connectivity index (χ4n) is 1.81. The number of aryl methyl sites for hydroxylation is 1. The minimum absolute atomic E-state index is 0.182. The average molecular weight is 299 g/mol. The Kier molecular flexibility index (Phi) is 3.40. The molecule has 0 aliphatic rings. The minimum Gasteiger partial charge on any atom is -0.466 e. The van der Waals surface area contributed by atoms with Crippen molar-refractivity contribution in [2.75, 3.05) is 0 Å². The second kappa shape index (κ2) is 4.66. The molecule has 0 saturated carbocycles. The first-order valence-corrected chi connectivity index (χ1v) is 6.26. The first-order valence-electron chi connectivity index (χ1n) is 5.47. The van der Waals surface area contributed by atoms with Gasteiger partial charge in [-0.05, 0) is 48.3 Å². The van der Waals surface area contributed by atoms with Gasteiger partial charge in [0.1, 0.15) is 5.76 Å². The standard InChI is InChI=1S/C12H15BrN2O2/c1-7(2)15-10(9(13)6-14-15)11(16)12-8(3)4-5-17-12/h4-7,11,16H,1-3H3. The van der Waals surface area contributed by atoms with Crippen LogP contribution in [0.1, 0.15) is 43.0 Å². The number of hydrogen-bond donors (Lipinski definition) is 1. The third kappa shape index (κ3) is 2.17. The van der Waals surface area contributed by atoms with Crippen LogP contribution in [-0.4, -0.2) is 14.9 Å². The fourth-order valence-corrected chi connectivity index (χ4v) is 2.30. The fraction of sp³-hybridized carbons (Fsp3) is 0.417. The van der Waals surface area contributed by atoms with Crippen molar-refractivity contribution in [2.24, 2.45) is 0 Å². The smallest absolute Gasteiger partial charge is 0.154 e. The molecule has 92 valence electrons. The lowest BCUT2D eigenvalue weighted by atomic mass is 10.1. The molecule has 0 spiro atoms. The van der Waals surface area contributed by atoms with Crippen molar-refractivity contribution in [3.05, 3.63) is 40.0 Å². The van der Waals surface area contributed by atoms with E-state index in [0.29, 0.717) is 5.76 Å². The first kappa shape index (κ1) is 12.4. The number of halogens is 1. The molecule has 2 aromatic heterocycles. The van der Waals surface area contributed by atoms with Gasteiger partial charge in [-0.15, -0.1) is 0 Å². The quantitative estimate of drug-likeness (QED) is 0.946. The van der Waals surface area contributed by atoms with Crippen LogP contribution in [0, 0.1) is 6.92 Å². The third-order valence-corrected chi connectivity index (χ3v) is 3.30. The van der Waals surface area contributed by atoms with E-state index in [1.165, 1.54) is 0 Å². The number of nitrogens with zero attached hydrogens (tertiary/aromatic N) is 2. The molecule has 0 aliphatic carbocycles. The van der Waals surface area contributed by atoms with Gasteiger partial charge >= 0.3 is 0 Å². The van der Waals surface area contributed by atoms with Crippen molar-refractivity contribution in [3.63, 3.8) is 0 Å². The summed E-state index contributed by atoms with van der Waals surface area (Å²) < 4.78 is 7.90. The zero-order valence-electron chi connectivity index (χ0n) is 10.0. The highest BCUT2D eigenvalue weighted by atomic mass is 79.9. The molecule has 17 heavy (non-hydrogen) atoms. The summed E-state index contributed by atoms with van der Waals surface area (Å²) in [6.07, 6.45) is 2.47. The highest BCUT2D eigenvalue weighted by Crippen LogP contribution is 2.32. The Hall–Kier alpha value is -1.07. The van der Waals surface area contributed by atoms with Crippen molar-refractivity contribution < 1.29 is 9.52 Å². The van der Waals surface area contributed by atoms with E-state index >= 15 is 0 Å². The van der Waals surface area contributed by atoms with Gasteiger partial charge in [0, 0.05) is 6.04 Å². The van der Waals surface area contributed by atoms with Crippen LogP contribution in [0.25, 0.3) is 0 Å². The molecule has 4 nitrogen and oxygen atoms in total. The van der Waals surface area contributed by atoms with Crippen molar-refractivity contribution >= 4 is 15.9 Å². The first-order chi connectivity index (χ1) is 8.02. The van der Waals surface area contributed by atoms with Gasteiger partial charge in [0.05, 0.1) is 22.6 Å². The van der Waals surface area contributed by atoms with Crippen LogP contribution < -0.4 is 0 Å². The third-order valence-electron chi connectivity index (χ3n) is 2.69. The maximum atomic E-state index is 10.4. The maximum absolute atomic E-state index is 10.4. The van der Waals surface area contributed by atoms with Crippen LogP contribution in [0.15, 0.2) is 27.4 Å². The van der Waals surface area contributed by atoms with Gasteiger partial charge in [0.15, 0.2) is 6.10 Å². The summed E-state index contributed by atoms with van der Waals surface area (Å²) in [6, 6.07) is 2.02. The van der Waals surface area contributed by atoms with Crippen molar-refractivity contribution in [2.45, 2.75) is 32.9 Å². The second-order valence-electron chi connectivity index (χ2n) is 4.29. The summed E-state index contributed by atoms with van der Waals surface area (Å²) in [5.74, 6) is 0.563. The molecule has 0 saturated heterocycles. The Morgan fingerprint density at radius 1 is 1.47 bits per heavy atom. The van der Waals surface area contributed by atoms with Crippen LogP contribution in [0.2, 0.25) is 0 Å². The number of hydrogen-bond acceptors (Lipinski definition) is 3. The number of rotatable bonds is 3. The van der Waals surface area contributed by atoms with Gasteiger partial charge in [-0.3, -0.25) is 4.68 Å². The number of furan rings is 1. The molecule has 2 aromatic rings. The predicted molar refractivity (Wildman–Crippen MR) is 67.8 cm³/mol. The molecule has 1 atom stereocenters. The lowest BCUT2D eigenvalue weighted by molar-refractivity contribution is 0.174. The topological polar surface area (TPSA) is 51.2 Å². The van der Waals surface area contributed by atoms with E-state index in [1.54, 1.807) is 17.1 Å². The van der Waals surface area contributed by atoms with Gasteiger partial charge < -0.3 is 9.52 Å². The molecule has 1 N–H and O–H groups in total. The van der Waals surface area contributed by atoms with Gasteiger partial charge in [-0.25, -0.2) is 0 Å². The van der Waals surface area contributed by atoms with E-state index in [4.69, 9.17) is 4.42 Å². The van der Waals surface area contributed by atoms with E-state index in [-0.39, 0.29) is 6.04 Å². The van der Waals surface area contributed by atoms with E-state index in [9.17, 15) is 5.11 Å². The zero-order chi connectivity index (χ0) is 12.6. The normalized spacial score (nSPS) is 13.3. The summed E-state index contributed by atoms with van der Waals surface area (Å²) in [6.45, 7) is 5.95. The SMILES string of the molecule is Cc1ccoc1C(O)c1c(Br)cnn1C(C)C.